The Morgan fingerprint density at radius 3 is 2.90 bits per heavy atom. The number of hydrogen-bond donors (Lipinski definition) is 1. The maximum atomic E-state index is 12.7. The number of carbonyl (C=O) groups excluding carboxylic acids is 1. The molecule has 0 spiro atoms. The number of ether oxygens (including phenoxy) is 1. The average Bonchev–Trinajstić information content (AvgIpc) is 2.73. The summed E-state index contributed by atoms with van der Waals surface area (Å²) in [6, 6.07) is 3.58. The predicted octanol–water partition coefficient (Wildman–Crippen LogP) is 2.48. The van der Waals surface area contributed by atoms with Crippen molar-refractivity contribution in [2.45, 2.75) is 32.1 Å². The fourth-order valence-corrected chi connectivity index (χ4v) is 4.65. The topological polar surface area (TPSA) is 101 Å². The van der Waals surface area contributed by atoms with Crippen LogP contribution in [0.15, 0.2) is 46.7 Å². The van der Waals surface area contributed by atoms with Gasteiger partial charge in [-0.05, 0) is 43.0 Å². The molecule has 2 aliphatic heterocycles. The van der Waals surface area contributed by atoms with Crippen LogP contribution in [0.4, 0.5) is 5.82 Å². The Labute approximate surface area is 170 Å². The predicted molar refractivity (Wildman–Crippen MR) is 110 cm³/mol. The van der Waals surface area contributed by atoms with Gasteiger partial charge in [-0.3, -0.25) is 4.79 Å². The van der Waals surface area contributed by atoms with Crippen LogP contribution in [0.2, 0.25) is 0 Å². The zero-order chi connectivity index (χ0) is 20.3. The van der Waals surface area contributed by atoms with Gasteiger partial charge in [-0.2, -0.15) is 0 Å². The third-order valence-corrected chi connectivity index (χ3v) is 6.45. The first-order valence-electron chi connectivity index (χ1n) is 9.88. The number of anilines is 1. The zero-order valence-corrected chi connectivity index (χ0v) is 16.9. The van der Waals surface area contributed by atoms with E-state index in [0.29, 0.717) is 35.5 Å². The highest BCUT2D eigenvalue weighted by Gasteiger charge is 2.25. The minimum atomic E-state index is -3.42. The molecule has 3 aliphatic rings. The second kappa shape index (κ2) is 8.36. The molecule has 0 aromatic carbocycles. The molecule has 1 saturated carbocycles. The Bertz CT molecular complexity index is 978. The molecule has 9 heteroatoms. The van der Waals surface area contributed by atoms with Crippen LogP contribution < -0.4 is 10.1 Å². The van der Waals surface area contributed by atoms with Crippen LogP contribution in [0.3, 0.4) is 0 Å². The number of rotatable bonds is 5. The van der Waals surface area contributed by atoms with Gasteiger partial charge in [0.15, 0.2) is 11.6 Å². The van der Waals surface area contributed by atoms with Crippen LogP contribution in [0, 0.1) is 5.92 Å². The van der Waals surface area contributed by atoms with E-state index in [1.54, 1.807) is 35.5 Å². The summed E-state index contributed by atoms with van der Waals surface area (Å²) in [6.45, 7) is 0.890. The van der Waals surface area contributed by atoms with E-state index < -0.39 is 10.0 Å². The molecule has 29 heavy (non-hydrogen) atoms. The minimum Gasteiger partial charge on any atom is -0.489 e. The van der Waals surface area contributed by atoms with Crippen molar-refractivity contribution in [3.8, 4) is 5.75 Å². The van der Waals surface area contributed by atoms with Gasteiger partial charge < -0.3 is 15.0 Å². The SMILES string of the molecule is O=C(Nc1ncccc1OCC1CCCCC1)C1=CN2CCS(=O)(=O)N=C2C=C1. The number of sulfonamides is 1. The van der Waals surface area contributed by atoms with Gasteiger partial charge in [0.05, 0.1) is 17.9 Å². The summed E-state index contributed by atoms with van der Waals surface area (Å²) in [4.78, 5) is 18.6. The number of nitrogens with one attached hydrogen (secondary N) is 1. The first kappa shape index (κ1) is 19.6. The molecule has 0 saturated heterocycles. The van der Waals surface area contributed by atoms with E-state index in [1.165, 1.54) is 38.2 Å². The van der Waals surface area contributed by atoms with Crippen LogP contribution in [0.1, 0.15) is 32.1 Å². The van der Waals surface area contributed by atoms with Crippen molar-refractivity contribution in [2.24, 2.45) is 10.3 Å². The third-order valence-electron chi connectivity index (χ3n) is 5.29. The van der Waals surface area contributed by atoms with Gasteiger partial charge in [-0.25, -0.2) is 13.4 Å². The van der Waals surface area contributed by atoms with Crippen LogP contribution in [0.25, 0.3) is 0 Å². The molecule has 0 bridgehead atoms. The van der Waals surface area contributed by atoms with Crippen LogP contribution in [0.5, 0.6) is 5.75 Å². The lowest BCUT2D eigenvalue weighted by atomic mass is 9.90. The Kier molecular flexibility index (Phi) is 5.66. The molecule has 3 heterocycles. The molecule has 1 aromatic rings. The van der Waals surface area contributed by atoms with Crippen molar-refractivity contribution in [1.82, 2.24) is 9.88 Å². The number of hydrogen-bond acceptors (Lipinski definition) is 6. The number of fused-ring (bicyclic) bond motifs is 1. The molecule has 1 fully saturated rings. The van der Waals surface area contributed by atoms with Crippen molar-refractivity contribution in [1.29, 1.82) is 0 Å². The molecule has 1 N–H and O–H groups in total. The maximum Gasteiger partial charge on any atom is 0.258 e. The molecule has 1 aliphatic carbocycles. The van der Waals surface area contributed by atoms with E-state index in [-0.39, 0.29) is 18.2 Å². The van der Waals surface area contributed by atoms with Crippen LogP contribution >= 0.6 is 0 Å². The molecule has 154 valence electrons. The quantitative estimate of drug-likeness (QED) is 0.791. The summed E-state index contributed by atoms with van der Waals surface area (Å²) in [7, 11) is -3.42. The number of pyridine rings is 1. The number of aromatic nitrogens is 1. The van der Waals surface area contributed by atoms with E-state index in [0.717, 1.165) is 0 Å². The van der Waals surface area contributed by atoms with E-state index >= 15 is 0 Å². The van der Waals surface area contributed by atoms with E-state index in [1.807, 2.05) is 0 Å². The molecular weight excluding hydrogens is 392 g/mol. The van der Waals surface area contributed by atoms with Gasteiger partial charge in [-0.15, -0.1) is 4.40 Å². The lowest BCUT2D eigenvalue weighted by molar-refractivity contribution is -0.112. The van der Waals surface area contributed by atoms with Gasteiger partial charge in [-0.1, -0.05) is 19.3 Å². The highest BCUT2D eigenvalue weighted by atomic mass is 32.2. The monoisotopic (exact) mass is 416 g/mol. The fourth-order valence-electron chi connectivity index (χ4n) is 3.68. The van der Waals surface area contributed by atoms with Crippen LogP contribution in [-0.4, -0.2) is 48.9 Å². The van der Waals surface area contributed by atoms with E-state index in [9.17, 15) is 13.2 Å². The minimum absolute atomic E-state index is 0.0743. The summed E-state index contributed by atoms with van der Waals surface area (Å²) in [5.74, 6) is 1.39. The largest absolute Gasteiger partial charge is 0.489 e. The van der Waals surface area contributed by atoms with Gasteiger partial charge in [0.1, 0.15) is 5.84 Å². The average molecular weight is 417 g/mol. The Hall–Kier alpha value is -2.68. The summed E-state index contributed by atoms with van der Waals surface area (Å²) in [5.41, 5.74) is 0.395. The van der Waals surface area contributed by atoms with Crippen molar-refractivity contribution >= 4 is 27.6 Å². The van der Waals surface area contributed by atoms with Gasteiger partial charge >= 0.3 is 0 Å². The van der Waals surface area contributed by atoms with Gasteiger partial charge in [0.2, 0.25) is 0 Å². The molecule has 1 amide bonds. The highest BCUT2D eigenvalue weighted by Crippen LogP contribution is 2.27. The smallest absolute Gasteiger partial charge is 0.258 e. The molecule has 0 unspecified atom stereocenters. The zero-order valence-electron chi connectivity index (χ0n) is 16.1. The van der Waals surface area contributed by atoms with Crippen molar-refractivity contribution in [2.75, 3.05) is 24.2 Å². The maximum absolute atomic E-state index is 12.7. The summed E-state index contributed by atoms with van der Waals surface area (Å²) >= 11 is 0. The Balaban J connectivity index is 1.43. The summed E-state index contributed by atoms with van der Waals surface area (Å²) < 4.78 is 32.9. The van der Waals surface area contributed by atoms with Gasteiger partial charge in [0, 0.05) is 18.9 Å². The summed E-state index contributed by atoms with van der Waals surface area (Å²) in [5, 5.41) is 2.80. The second-order valence-electron chi connectivity index (χ2n) is 7.47. The van der Waals surface area contributed by atoms with E-state index in [4.69, 9.17) is 4.74 Å². The van der Waals surface area contributed by atoms with Crippen molar-refractivity contribution in [3.63, 3.8) is 0 Å². The lowest BCUT2D eigenvalue weighted by Gasteiger charge is -2.27. The van der Waals surface area contributed by atoms with Crippen LogP contribution in [-0.2, 0) is 14.8 Å². The lowest BCUT2D eigenvalue weighted by Crippen LogP contribution is -2.37. The molecule has 1 aromatic heterocycles. The molecule has 0 radical (unpaired) electrons. The molecule has 0 atom stereocenters. The summed E-state index contributed by atoms with van der Waals surface area (Å²) in [6.07, 6.45) is 12.4. The molecule has 8 nitrogen and oxygen atoms in total. The Morgan fingerprint density at radius 1 is 1.24 bits per heavy atom. The van der Waals surface area contributed by atoms with Crippen molar-refractivity contribution in [3.05, 3.63) is 42.3 Å². The third kappa shape index (κ3) is 4.84. The first-order valence-corrected chi connectivity index (χ1v) is 11.5. The number of nitrogens with zero attached hydrogens (tertiary/aromatic N) is 3. The van der Waals surface area contributed by atoms with Crippen molar-refractivity contribution < 1.29 is 17.9 Å². The normalized spacial score (nSPS) is 21.0. The fraction of sp³-hybridized carbons (Fsp3) is 0.450. The Morgan fingerprint density at radius 2 is 2.07 bits per heavy atom. The number of amides is 1. The van der Waals surface area contributed by atoms with Gasteiger partial charge in [0.25, 0.3) is 15.9 Å². The number of carbonyl (C=O) groups is 1. The second-order valence-corrected chi connectivity index (χ2v) is 9.22. The number of amidine groups is 1. The molecule has 4 rings (SSSR count). The highest BCUT2D eigenvalue weighted by molar-refractivity contribution is 7.90. The standard InChI is InChI=1S/C20H24N4O4S/c25-20(16-8-9-18-23-29(26,27)12-11-24(18)13-16)22-19-17(7-4-10-21-19)28-14-15-5-2-1-3-6-15/h4,7-10,13,15H,1-3,5-6,11-12,14H2,(H,21,22,25). The first-order chi connectivity index (χ1) is 14.0. The van der Waals surface area contributed by atoms with E-state index in [2.05, 4.69) is 14.7 Å². The molecular formula is C20H24N4O4S.